The van der Waals surface area contributed by atoms with Crippen LogP contribution in [-0.2, 0) is 16.8 Å². The number of fused-ring (bicyclic) bond motifs is 1. The molecule has 2 aromatic rings. The predicted molar refractivity (Wildman–Crippen MR) is 145 cm³/mol. The normalized spacial score (nSPS) is 22.4. The summed E-state index contributed by atoms with van der Waals surface area (Å²) in [5, 5.41) is 14.3. The number of benzene rings is 2. The van der Waals surface area contributed by atoms with Crippen molar-refractivity contribution in [3.05, 3.63) is 57.6 Å². The van der Waals surface area contributed by atoms with E-state index in [1.54, 1.807) is 26.4 Å². The van der Waals surface area contributed by atoms with Crippen LogP contribution in [0.3, 0.4) is 0 Å². The van der Waals surface area contributed by atoms with E-state index in [0.29, 0.717) is 22.6 Å². The average molecular weight is 606 g/mol. The zero-order valence-electron chi connectivity index (χ0n) is 22.3. The number of ether oxygens (including phenoxy) is 2. The third-order valence-corrected chi connectivity index (χ3v) is 8.10. The van der Waals surface area contributed by atoms with Crippen molar-refractivity contribution in [1.29, 1.82) is 0 Å². The number of rotatable bonds is 6. The molecule has 2 aromatic carbocycles. The summed E-state index contributed by atoms with van der Waals surface area (Å²) >= 11 is 12.2. The Labute approximate surface area is 240 Å². The summed E-state index contributed by atoms with van der Waals surface area (Å²) in [5.74, 6) is -1.25. The smallest absolute Gasteiger partial charge is 0.490 e. The molecule has 4 rings (SSSR count). The molecular weight excluding hydrogens is 574 g/mol. The fourth-order valence-corrected chi connectivity index (χ4v) is 5.95. The molecule has 0 spiro atoms. The highest BCUT2D eigenvalue weighted by Crippen LogP contribution is 2.49. The number of hydrogen-bond acceptors (Lipinski definition) is 5. The molecule has 3 unspecified atom stereocenters. The van der Waals surface area contributed by atoms with Gasteiger partial charge in [0.25, 0.3) is 0 Å². The summed E-state index contributed by atoms with van der Waals surface area (Å²) in [4.78, 5) is 23.9. The summed E-state index contributed by atoms with van der Waals surface area (Å²) in [6, 6.07) is 11.9. The lowest BCUT2D eigenvalue weighted by molar-refractivity contribution is -0.192. The van der Waals surface area contributed by atoms with Gasteiger partial charge >= 0.3 is 18.2 Å². The first-order valence-corrected chi connectivity index (χ1v) is 13.3. The van der Waals surface area contributed by atoms with Gasteiger partial charge in [0.2, 0.25) is 0 Å². The number of carbonyl (C=O) groups is 2. The SMILES string of the molecule is COc1ccc(C23CCC(NC(=O)NCc4ccc(Cl)cc4Cl)CC2N(C)CC3)cc1OC.O=C(O)C(F)(F)F. The lowest BCUT2D eigenvalue weighted by Crippen LogP contribution is -2.53. The molecule has 3 N–H and O–H groups in total. The van der Waals surface area contributed by atoms with Crippen molar-refractivity contribution in [3.63, 3.8) is 0 Å². The summed E-state index contributed by atoms with van der Waals surface area (Å²) < 4.78 is 42.7. The summed E-state index contributed by atoms with van der Waals surface area (Å²) in [6.07, 6.45) is -1.16. The Morgan fingerprint density at radius 2 is 1.77 bits per heavy atom. The van der Waals surface area contributed by atoms with Gasteiger partial charge in [0.15, 0.2) is 11.5 Å². The van der Waals surface area contributed by atoms with Crippen LogP contribution in [0, 0.1) is 0 Å². The maximum Gasteiger partial charge on any atom is 0.490 e. The zero-order chi connectivity index (χ0) is 29.7. The second-order valence-corrected chi connectivity index (χ2v) is 10.7. The van der Waals surface area contributed by atoms with Gasteiger partial charge in [-0.2, -0.15) is 13.2 Å². The molecule has 1 aliphatic heterocycles. The molecule has 1 aliphatic carbocycles. The number of amides is 2. The fourth-order valence-electron chi connectivity index (χ4n) is 5.47. The molecule has 0 radical (unpaired) electrons. The van der Waals surface area contributed by atoms with Gasteiger partial charge in [-0.25, -0.2) is 9.59 Å². The van der Waals surface area contributed by atoms with Gasteiger partial charge in [0.05, 0.1) is 14.2 Å². The van der Waals surface area contributed by atoms with Gasteiger partial charge in [-0.3, -0.25) is 0 Å². The Bertz CT molecular complexity index is 1220. The number of hydrogen-bond donors (Lipinski definition) is 3. The predicted octanol–water partition coefficient (Wildman–Crippen LogP) is 5.64. The molecule has 3 atom stereocenters. The number of halogens is 5. The lowest BCUT2D eigenvalue weighted by Gasteiger charge is -2.45. The highest BCUT2D eigenvalue weighted by atomic mass is 35.5. The van der Waals surface area contributed by atoms with Gasteiger partial charge in [0.1, 0.15) is 0 Å². The monoisotopic (exact) mass is 605 g/mol. The van der Waals surface area contributed by atoms with Gasteiger partial charge in [-0.1, -0.05) is 35.3 Å². The van der Waals surface area contributed by atoms with Crippen molar-refractivity contribution >= 4 is 35.2 Å². The van der Waals surface area contributed by atoms with Gasteiger partial charge < -0.3 is 30.1 Å². The second-order valence-electron chi connectivity index (χ2n) is 9.81. The third-order valence-electron chi connectivity index (χ3n) is 7.52. The van der Waals surface area contributed by atoms with Gasteiger partial charge in [0, 0.05) is 34.1 Å². The Morgan fingerprint density at radius 3 is 2.38 bits per heavy atom. The minimum Gasteiger partial charge on any atom is -0.493 e. The molecule has 2 aliphatic rings. The van der Waals surface area contributed by atoms with E-state index >= 15 is 0 Å². The number of urea groups is 1. The molecule has 0 bridgehead atoms. The molecule has 1 saturated carbocycles. The molecule has 1 saturated heterocycles. The molecule has 40 heavy (non-hydrogen) atoms. The van der Waals surface area contributed by atoms with Crippen LogP contribution in [0.25, 0.3) is 0 Å². The standard InChI is InChI=1S/C25H31Cl2N3O3.C2HF3O2/c1-30-11-10-25(17-5-7-21(32-2)22(12-17)33-3)9-8-19(14-23(25)30)29-24(31)28-15-16-4-6-18(26)13-20(16)27;3-2(4,5)1(6)7/h4-7,12-13,19,23H,8-11,14-15H2,1-3H3,(H2,28,29,31);(H,6,7). The second kappa shape index (κ2) is 13.2. The van der Waals surface area contributed by atoms with E-state index in [9.17, 15) is 18.0 Å². The molecule has 0 aromatic heterocycles. The molecule has 8 nitrogen and oxygen atoms in total. The van der Waals surface area contributed by atoms with Crippen molar-refractivity contribution in [3.8, 4) is 11.5 Å². The van der Waals surface area contributed by atoms with Crippen molar-refractivity contribution in [2.75, 3.05) is 27.8 Å². The van der Waals surface area contributed by atoms with Crippen LogP contribution < -0.4 is 20.1 Å². The molecule has 1 heterocycles. The summed E-state index contributed by atoms with van der Waals surface area (Å²) in [6.45, 7) is 1.39. The third kappa shape index (κ3) is 7.44. The van der Waals surface area contributed by atoms with Crippen molar-refractivity contribution in [2.24, 2.45) is 0 Å². The number of carboxylic acid groups (broad SMARTS) is 1. The van der Waals surface area contributed by atoms with E-state index in [0.717, 1.165) is 49.3 Å². The van der Waals surface area contributed by atoms with Crippen LogP contribution in [0.4, 0.5) is 18.0 Å². The number of nitrogens with zero attached hydrogens (tertiary/aromatic N) is 1. The first-order valence-electron chi connectivity index (χ1n) is 12.5. The lowest BCUT2D eigenvalue weighted by atomic mass is 9.65. The van der Waals surface area contributed by atoms with E-state index in [-0.39, 0.29) is 17.5 Å². The minimum atomic E-state index is -5.08. The maximum atomic E-state index is 12.6. The summed E-state index contributed by atoms with van der Waals surface area (Å²) in [7, 11) is 5.51. The van der Waals surface area contributed by atoms with E-state index in [1.807, 2.05) is 12.1 Å². The fraction of sp³-hybridized carbons (Fsp3) is 0.481. The number of carboxylic acids is 1. The van der Waals surface area contributed by atoms with E-state index in [2.05, 4.69) is 34.7 Å². The Kier molecular flexibility index (Phi) is 10.4. The van der Waals surface area contributed by atoms with Crippen molar-refractivity contribution < 1.29 is 37.3 Å². The number of likely N-dealkylation sites (tertiary alicyclic amines) is 1. The van der Waals surface area contributed by atoms with E-state index in [1.165, 1.54) is 5.56 Å². The Hall–Kier alpha value is -2.89. The minimum absolute atomic E-state index is 0.0553. The number of carbonyl (C=O) groups excluding carboxylic acids is 1. The molecule has 2 amide bonds. The maximum absolute atomic E-state index is 12.6. The van der Waals surface area contributed by atoms with Crippen LogP contribution in [0.5, 0.6) is 11.5 Å². The van der Waals surface area contributed by atoms with Crippen LogP contribution in [-0.4, -0.2) is 68.1 Å². The molecule has 2 fully saturated rings. The first kappa shape index (κ1) is 31.6. The van der Waals surface area contributed by atoms with Crippen LogP contribution >= 0.6 is 23.2 Å². The Balaban J connectivity index is 0.000000559. The zero-order valence-corrected chi connectivity index (χ0v) is 23.8. The van der Waals surface area contributed by atoms with Crippen LogP contribution in [0.15, 0.2) is 36.4 Å². The van der Waals surface area contributed by atoms with Crippen molar-refractivity contribution in [2.45, 2.75) is 55.9 Å². The highest BCUT2D eigenvalue weighted by Gasteiger charge is 2.50. The average Bonchev–Trinajstić information content (AvgIpc) is 3.24. The summed E-state index contributed by atoms with van der Waals surface area (Å²) in [5.41, 5.74) is 2.18. The highest BCUT2D eigenvalue weighted by molar-refractivity contribution is 6.35. The number of aliphatic carboxylic acids is 1. The quantitative estimate of drug-likeness (QED) is 0.394. The largest absolute Gasteiger partial charge is 0.493 e. The van der Waals surface area contributed by atoms with Gasteiger partial charge in [-0.15, -0.1) is 0 Å². The molecular formula is C27H32Cl2F3N3O5. The topological polar surface area (TPSA) is 100 Å². The number of alkyl halides is 3. The number of nitrogens with one attached hydrogen (secondary N) is 2. The van der Waals surface area contributed by atoms with Crippen molar-refractivity contribution in [1.82, 2.24) is 15.5 Å². The van der Waals surface area contributed by atoms with Gasteiger partial charge in [-0.05, 0) is 74.7 Å². The van der Waals surface area contributed by atoms with Crippen LogP contribution in [0.2, 0.25) is 10.0 Å². The number of methoxy groups -OCH3 is 2. The Morgan fingerprint density at radius 1 is 1.10 bits per heavy atom. The van der Waals surface area contributed by atoms with E-state index in [4.69, 9.17) is 42.6 Å². The first-order chi connectivity index (χ1) is 18.8. The van der Waals surface area contributed by atoms with E-state index < -0.39 is 12.1 Å². The van der Waals surface area contributed by atoms with Crippen LogP contribution in [0.1, 0.15) is 36.8 Å². The number of likely N-dealkylation sites (N-methyl/N-ethyl adjacent to an activating group) is 1. The molecule has 220 valence electrons. The molecule has 13 heteroatoms.